The maximum atomic E-state index is 13.1. The molecule has 2 aliphatic heterocycles. The molecule has 0 saturated carbocycles. The summed E-state index contributed by atoms with van der Waals surface area (Å²) in [6, 6.07) is 9.57. The topological polar surface area (TPSA) is 70.6 Å². The zero-order valence-electron chi connectivity index (χ0n) is 15.0. The van der Waals surface area contributed by atoms with Crippen LogP contribution in [0.15, 0.2) is 36.5 Å². The number of hydrogen-bond acceptors (Lipinski definition) is 4. The van der Waals surface area contributed by atoms with Gasteiger partial charge in [-0.15, -0.1) is 0 Å². The molecule has 0 bridgehead atoms. The maximum absolute atomic E-state index is 13.1. The van der Waals surface area contributed by atoms with Crippen molar-refractivity contribution < 1.29 is 14.3 Å². The summed E-state index contributed by atoms with van der Waals surface area (Å²) >= 11 is 5.36. The molecule has 3 heterocycles. The summed E-state index contributed by atoms with van der Waals surface area (Å²) in [5.74, 6) is -0.0381. The van der Waals surface area contributed by atoms with E-state index in [0.29, 0.717) is 43.3 Å². The Morgan fingerprint density at radius 2 is 1.78 bits per heavy atom. The van der Waals surface area contributed by atoms with Gasteiger partial charge in [-0.3, -0.25) is 14.2 Å². The first-order valence-corrected chi connectivity index (χ1v) is 9.61. The number of amides is 2. The number of carbonyl (C=O) groups is 2. The van der Waals surface area contributed by atoms with E-state index in [9.17, 15) is 9.59 Å². The first-order valence-electron chi connectivity index (χ1n) is 9.20. The quantitative estimate of drug-likeness (QED) is 0.819. The van der Waals surface area contributed by atoms with Crippen LogP contribution in [-0.4, -0.2) is 70.1 Å². The van der Waals surface area contributed by atoms with Crippen LogP contribution in [-0.2, 0) is 9.53 Å². The molecular formula is C19H22N4O3S. The molecule has 1 N–H and O–H groups in total. The molecular weight excluding hydrogens is 364 g/mol. The summed E-state index contributed by atoms with van der Waals surface area (Å²) in [6.07, 6.45) is 3.08. The third-order valence-electron chi connectivity index (χ3n) is 5.09. The number of benzene rings is 1. The molecule has 1 unspecified atom stereocenters. The average molecular weight is 386 g/mol. The zero-order valence-corrected chi connectivity index (χ0v) is 15.8. The van der Waals surface area contributed by atoms with Crippen LogP contribution in [0, 0.1) is 4.77 Å². The van der Waals surface area contributed by atoms with Crippen molar-refractivity contribution in [3.05, 3.63) is 47.0 Å². The van der Waals surface area contributed by atoms with Crippen molar-refractivity contribution in [1.82, 2.24) is 19.4 Å². The van der Waals surface area contributed by atoms with E-state index < -0.39 is 0 Å². The number of ether oxygens (including phenoxy) is 1. The number of piperazine rings is 1. The molecule has 2 aliphatic rings. The molecule has 1 aromatic carbocycles. The van der Waals surface area contributed by atoms with Gasteiger partial charge in [-0.2, -0.15) is 0 Å². The Morgan fingerprint density at radius 3 is 2.44 bits per heavy atom. The van der Waals surface area contributed by atoms with Crippen LogP contribution in [0.1, 0.15) is 23.3 Å². The van der Waals surface area contributed by atoms with Crippen molar-refractivity contribution >= 4 is 24.0 Å². The van der Waals surface area contributed by atoms with E-state index in [-0.39, 0.29) is 17.9 Å². The lowest BCUT2D eigenvalue weighted by atomic mass is 10.2. The van der Waals surface area contributed by atoms with Crippen molar-refractivity contribution in [3.8, 4) is 5.69 Å². The molecule has 1 aromatic heterocycles. The van der Waals surface area contributed by atoms with Gasteiger partial charge >= 0.3 is 0 Å². The van der Waals surface area contributed by atoms with Crippen molar-refractivity contribution in [2.45, 2.75) is 18.9 Å². The van der Waals surface area contributed by atoms with Crippen LogP contribution in [0.4, 0.5) is 0 Å². The lowest BCUT2D eigenvalue weighted by molar-refractivity contribution is -0.142. The summed E-state index contributed by atoms with van der Waals surface area (Å²) in [4.78, 5) is 32.1. The highest BCUT2D eigenvalue weighted by Gasteiger charge is 2.32. The highest BCUT2D eigenvalue weighted by molar-refractivity contribution is 7.71. The molecule has 1 atom stereocenters. The number of aromatic nitrogens is 2. The van der Waals surface area contributed by atoms with Crippen molar-refractivity contribution in [2.75, 3.05) is 32.8 Å². The lowest BCUT2D eigenvalue weighted by Gasteiger charge is -2.35. The fourth-order valence-corrected chi connectivity index (χ4v) is 3.89. The van der Waals surface area contributed by atoms with E-state index >= 15 is 0 Å². The molecule has 142 valence electrons. The van der Waals surface area contributed by atoms with Crippen molar-refractivity contribution in [3.63, 3.8) is 0 Å². The van der Waals surface area contributed by atoms with E-state index in [2.05, 4.69) is 4.98 Å². The number of para-hydroxylation sites is 1. The fraction of sp³-hybridized carbons (Fsp3) is 0.421. The van der Waals surface area contributed by atoms with E-state index in [4.69, 9.17) is 17.0 Å². The summed E-state index contributed by atoms with van der Waals surface area (Å²) < 4.78 is 7.72. The molecule has 2 saturated heterocycles. The van der Waals surface area contributed by atoms with Gasteiger partial charge in [-0.25, -0.2) is 0 Å². The van der Waals surface area contributed by atoms with Crippen LogP contribution < -0.4 is 0 Å². The van der Waals surface area contributed by atoms with Crippen LogP contribution >= 0.6 is 12.2 Å². The predicted molar refractivity (Wildman–Crippen MR) is 102 cm³/mol. The van der Waals surface area contributed by atoms with Gasteiger partial charge in [0.25, 0.3) is 11.8 Å². The molecule has 7 nitrogen and oxygen atoms in total. The average Bonchev–Trinajstić information content (AvgIpc) is 3.37. The first-order chi connectivity index (χ1) is 13.1. The summed E-state index contributed by atoms with van der Waals surface area (Å²) in [5, 5.41) is 0. The van der Waals surface area contributed by atoms with Crippen LogP contribution in [0.3, 0.4) is 0 Å². The monoisotopic (exact) mass is 386 g/mol. The number of H-pyrrole nitrogens is 1. The summed E-state index contributed by atoms with van der Waals surface area (Å²) in [6.45, 7) is 2.72. The standard InChI is InChI=1S/C19H22N4O3S/c24-17(15-13-20-19(27)23(15)14-5-2-1-3-6-14)21-8-10-22(11-9-21)18(25)16-7-4-12-26-16/h1-3,5-6,13,16H,4,7-12H2,(H,20,27). The minimum Gasteiger partial charge on any atom is -0.368 e. The second-order valence-electron chi connectivity index (χ2n) is 6.77. The Balaban J connectivity index is 1.46. The van der Waals surface area contributed by atoms with E-state index in [0.717, 1.165) is 18.5 Å². The molecule has 2 aromatic rings. The lowest BCUT2D eigenvalue weighted by Crippen LogP contribution is -2.53. The molecule has 0 spiro atoms. The predicted octanol–water partition coefficient (Wildman–Crippen LogP) is 2.00. The van der Waals surface area contributed by atoms with Crippen LogP contribution in [0.25, 0.3) is 5.69 Å². The Bertz CT molecular complexity index is 878. The number of aromatic amines is 1. The Hall–Kier alpha value is -2.45. The van der Waals surface area contributed by atoms with Gasteiger partial charge in [-0.1, -0.05) is 18.2 Å². The molecule has 2 amide bonds. The van der Waals surface area contributed by atoms with Gasteiger partial charge in [0.15, 0.2) is 4.77 Å². The van der Waals surface area contributed by atoms with Gasteiger partial charge in [0.05, 0.1) is 0 Å². The third kappa shape index (κ3) is 3.54. The Labute approximate surface area is 162 Å². The number of imidazole rings is 1. The zero-order chi connectivity index (χ0) is 18.8. The number of nitrogens with zero attached hydrogens (tertiary/aromatic N) is 3. The smallest absolute Gasteiger partial charge is 0.272 e. The van der Waals surface area contributed by atoms with Gasteiger partial charge in [0.2, 0.25) is 0 Å². The Morgan fingerprint density at radius 1 is 1.07 bits per heavy atom. The Kier molecular flexibility index (Phi) is 5.09. The minimum atomic E-state index is -0.306. The second-order valence-corrected chi connectivity index (χ2v) is 7.16. The fourth-order valence-electron chi connectivity index (χ4n) is 3.63. The number of hydrogen-bond donors (Lipinski definition) is 1. The van der Waals surface area contributed by atoms with Crippen LogP contribution in [0.2, 0.25) is 0 Å². The highest BCUT2D eigenvalue weighted by Crippen LogP contribution is 2.18. The van der Waals surface area contributed by atoms with E-state index in [1.165, 1.54) is 0 Å². The van der Waals surface area contributed by atoms with Gasteiger partial charge in [-0.05, 0) is 37.2 Å². The molecule has 0 aliphatic carbocycles. The highest BCUT2D eigenvalue weighted by atomic mass is 32.1. The van der Waals surface area contributed by atoms with E-state index in [1.54, 1.807) is 20.6 Å². The number of carbonyl (C=O) groups excluding carboxylic acids is 2. The SMILES string of the molecule is O=C(c1c[nH]c(=S)n1-c1ccccc1)N1CCN(C(=O)C2CCCO2)CC1. The maximum Gasteiger partial charge on any atom is 0.272 e. The number of nitrogens with one attached hydrogen (secondary N) is 1. The van der Waals surface area contributed by atoms with Gasteiger partial charge in [0.1, 0.15) is 11.8 Å². The van der Waals surface area contributed by atoms with E-state index in [1.807, 2.05) is 30.3 Å². The third-order valence-corrected chi connectivity index (χ3v) is 5.39. The molecule has 0 radical (unpaired) electrons. The van der Waals surface area contributed by atoms with Gasteiger partial charge < -0.3 is 19.5 Å². The second kappa shape index (κ2) is 7.66. The van der Waals surface area contributed by atoms with Crippen molar-refractivity contribution in [2.24, 2.45) is 0 Å². The molecule has 4 rings (SSSR count). The normalized spacial score (nSPS) is 20.1. The first kappa shape index (κ1) is 17.9. The molecule has 27 heavy (non-hydrogen) atoms. The number of rotatable bonds is 3. The molecule has 2 fully saturated rings. The summed E-state index contributed by atoms with van der Waals surface area (Å²) in [5.41, 5.74) is 1.35. The summed E-state index contributed by atoms with van der Waals surface area (Å²) in [7, 11) is 0. The van der Waals surface area contributed by atoms with Gasteiger partial charge in [0, 0.05) is 44.7 Å². The largest absolute Gasteiger partial charge is 0.368 e. The minimum absolute atomic E-state index is 0.0495. The molecule has 8 heteroatoms. The van der Waals surface area contributed by atoms with Crippen LogP contribution in [0.5, 0.6) is 0 Å². The van der Waals surface area contributed by atoms with Crippen molar-refractivity contribution in [1.29, 1.82) is 0 Å².